The number of amides is 1. The first kappa shape index (κ1) is 21.2. The Labute approximate surface area is 177 Å². The van der Waals surface area contributed by atoms with Gasteiger partial charge in [-0.1, -0.05) is 36.4 Å². The van der Waals surface area contributed by atoms with Crippen molar-refractivity contribution < 1.29 is 14.6 Å². The summed E-state index contributed by atoms with van der Waals surface area (Å²) in [5.41, 5.74) is 10.1. The highest BCUT2D eigenvalue weighted by molar-refractivity contribution is 5.84. The number of hydrogen-bond acceptors (Lipinski definition) is 4. The van der Waals surface area contributed by atoms with Crippen molar-refractivity contribution in [3.63, 3.8) is 0 Å². The van der Waals surface area contributed by atoms with Gasteiger partial charge in [0.05, 0.1) is 0 Å². The van der Waals surface area contributed by atoms with Gasteiger partial charge in [0, 0.05) is 17.3 Å². The highest BCUT2D eigenvalue weighted by Gasteiger charge is 2.18. The van der Waals surface area contributed by atoms with E-state index in [0.717, 1.165) is 28.8 Å². The van der Waals surface area contributed by atoms with Crippen molar-refractivity contribution in [1.82, 2.24) is 0 Å². The molecule has 1 amide bonds. The van der Waals surface area contributed by atoms with Crippen molar-refractivity contribution in [3.05, 3.63) is 89.5 Å². The first-order valence-corrected chi connectivity index (χ1v) is 9.93. The predicted octanol–water partition coefficient (Wildman–Crippen LogP) is 5.70. The van der Waals surface area contributed by atoms with Gasteiger partial charge in [0.2, 0.25) is 0 Å². The number of ether oxygens (including phenoxy) is 1. The average Bonchev–Trinajstić information content (AvgIpc) is 2.68. The monoisotopic (exact) mass is 404 g/mol. The van der Waals surface area contributed by atoms with Crippen LogP contribution in [0.15, 0.2) is 72.8 Å². The fourth-order valence-corrected chi connectivity index (χ4v) is 3.24. The summed E-state index contributed by atoms with van der Waals surface area (Å²) >= 11 is 0. The topological polar surface area (TPSA) is 84.6 Å². The molecule has 0 heterocycles. The van der Waals surface area contributed by atoms with E-state index >= 15 is 0 Å². The number of hydrogen-bond donors (Lipinski definition) is 3. The fourth-order valence-electron chi connectivity index (χ4n) is 3.24. The van der Waals surface area contributed by atoms with Crippen molar-refractivity contribution in [2.45, 2.75) is 38.7 Å². The summed E-state index contributed by atoms with van der Waals surface area (Å²) in [6.07, 6.45) is 0.290. The largest absolute Gasteiger partial charge is 0.508 e. The summed E-state index contributed by atoms with van der Waals surface area (Å²) in [5, 5.41) is 12.3. The van der Waals surface area contributed by atoms with Gasteiger partial charge in [0.25, 0.3) is 0 Å². The normalized spacial score (nSPS) is 12.2. The molecule has 0 aliphatic heterocycles. The zero-order chi connectivity index (χ0) is 21.7. The van der Waals surface area contributed by atoms with Gasteiger partial charge in [-0.05, 0) is 80.3 Å². The molecule has 3 aromatic carbocycles. The summed E-state index contributed by atoms with van der Waals surface area (Å²) < 4.78 is 5.31. The molecule has 0 aromatic heterocycles. The minimum Gasteiger partial charge on any atom is -0.508 e. The zero-order valence-corrected chi connectivity index (χ0v) is 17.6. The molecule has 3 aromatic rings. The van der Waals surface area contributed by atoms with Crippen LogP contribution >= 0.6 is 0 Å². The van der Waals surface area contributed by atoms with Crippen LogP contribution < -0.4 is 11.1 Å². The molecule has 0 aliphatic carbocycles. The molecule has 0 radical (unpaired) electrons. The maximum Gasteiger partial charge on any atom is 0.412 e. The predicted molar refractivity (Wildman–Crippen MR) is 121 cm³/mol. The van der Waals surface area contributed by atoms with Crippen LogP contribution in [0.5, 0.6) is 5.75 Å². The van der Waals surface area contributed by atoms with E-state index in [-0.39, 0.29) is 11.7 Å². The molecule has 0 spiro atoms. The number of rotatable bonds is 5. The highest BCUT2D eigenvalue weighted by Crippen LogP contribution is 2.30. The van der Waals surface area contributed by atoms with Crippen LogP contribution in [-0.2, 0) is 11.2 Å². The first-order valence-electron chi connectivity index (χ1n) is 9.93. The Morgan fingerprint density at radius 2 is 1.47 bits per heavy atom. The third-order valence-electron chi connectivity index (χ3n) is 4.67. The summed E-state index contributed by atoms with van der Waals surface area (Å²) in [6, 6.07) is 22.9. The van der Waals surface area contributed by atoms with E-state index in [4.69, 9.17) is 10.5 Å². The first-order chi connectivity index (χ1) is 14.2. The smallest absolute Gasteiger partial charge is 0.412 e. The molecule has 5 nitrogen and oxygen atoms in total. The number of nitrogens with two attached hydrogens (primary N) is 1. The van der Waals surface area contributed by atoms with Gasteiger partial charge < -0.3 is 15.6 Å². The van der Waals surface area contributed by atoms with Crippen molar-refractivity contribution in [2.75, 3.05) is 11.1 Å². The van der Waals surface area contributed by atoms with Crippen LogP contribution in [-0.4, -0.2) is 16.8 Å². The number of nitrogen functional groups attached to an aromatic ring is 1. The molecule has 1 unspecified atom stereocenters. The van der Waals surface area contributed by atoms with Gasteiger partial charge in [0.1, 0.15) is 11.4 Å². The van der Waals surface area contributed by atoms with E-state index in [0.29, 0.717) is 5.69 Å². The lowest BCUT2D eigenvalue weighted by atomic mass is 9.86. The van der Waals surface area contributed by atoms with Crippen LogP contribution in [0.1, 0.15) is 43.4 Å². The number of carbonyl (C=O) groups is 1. The Kier molecular flexibility index (Phi) is 6.31. The van der Waals surface area contributed by atoms with E-state index in [1.807, 2.05) is 81.4 Å². The number of phenolic OH excluding ortho intramolecular Hbond substituents is 1. The molecule has 3 rings (SSSR count). The molecule has 5 heteroatoms. The van der Waals surface area contributed by atoms with Crippen LogP contribution in [0.4, 0.5) is 16.2 Å². The Morgan fingerprint density at radius 3 is 2.00 bits per heavy atom. The molecule has 156 valence electrons. The van der Waals surface area contributed by atoms with E-state index in [2.05, 4.69) is 5.32 Å². The van der Waals surface area contributed by atoms with Gasteiger partial charge in [-0.3, -0.25) is 5.32 Å². The zero-order valence-electron chi connectivity index (χ0n) is 17.6. The van der Waals surface area contributed by atoms with E-state index in [1.165, 1.54) is 0 Å². The van der Waals surface area contributed by atoms with Gasteiger partial charge in [0.15, 0.2) is 0 Å². The molecule has 0 aliphatic rings. The second kappa shape index (κ2) is 8.91. The van der Waals surface area contributed by atoms with Crippen LogP contribution in [0.25, 0.3) is 0 Å². The van der Waals surface area contributed by atoms with Crippen LogP contribution in [0.3, 0.4) is 0 Å². The Balaban J connectivity index is 1.83. The summed E-state index contributed by atoms with van der Waals surface area (Å²) in [5.74, 6) is 0.353. The Bertz CT molecular complexity index is 973. The summed E-state index contributed by atoms with van der Waals surface area (Å²) in [7, 11) is 0. The maximum absolute atomic E-state index is 12.0. The fraction of sp³-hybridized carbons (Fsp3) is 0.240. The van der Waals surface area contributed by atoms with Gasteiger partial charge in [-0.15, -0.1) is 0 Å². The van der Waals surface area contributed by atoms with E-state index < -0.39 is 11.7 Å². The highest BCUT2D eigenvalue weighted by atomic mass is 16.6. The lowest BCUT2D eigenvalue weighted by Gasteiger charge is -2.21. The Hall–Kier alpha value is -3.47. The third kappa shape index (κ3) is 6.01. The van der Waals surface area contributed by atoms with E-state index in [1.54, 1.807) is 12.1 Å². The lowest BCUT2D eigenvalue weighted by Crippen LogP contribution is -2.27. The molecule has 4 N–H and O–H groups in total. The standard InChI is InChI=1S/C25H28N2O3/c1-25(2,3)30-24(29)27-21-12-8-19(9-13-21)23(18-6-10-20(26)11-7-18)16-17-4-14-22(28)15-5-17/h4-15,23,28H,16,26H2,1-3H3,(H,27,29). The Morgan fingerprint density at radius 1 is 0.933 bits per heavy atom. The molecular weight excluding hydrogens is 376 g/mol. The molecule has 30 heavy (non-hydrogen) atoms. The van der Waals surface area contributed by atoms with E-state index in [9.17, 15) is 9.90 Å². The number of phenols is 1. The van der Waals surface area contributed by atoms with Crippen molar-refractivity contribution in [1.29, 1.82) is 0 Å². The third-order valence-corrected chi connectivity index (χ3v) is 4.67. The second-order valence-corrected chi connectivity index (χ2v) is 8.34. The van der Waals surface area contributed by atoms with Crippen LogP contribution in [0.2, 0.25) is 0 Å². The molecule has 0 saturated heterocycles. The van der Waals surface area contributed by atoms with Gasteiger partial charge >= 0.3 is 6.09 Å². The number of anilines is 2. The molecular formula is C25H28N2O3. The van der Waals surface area contributed by atoms with Crippen molar-refractivity contribution in [3.8, 4) is 5.75 Å². The number of nitrogens with one attached hydrogen (secondary N) is 1. The van der Waals surface area contributed by atoms with Crippen molar-refractivity contribution in [2.24, 2.45) is 0 Å². The lowest BCUT2D eigenvalue weighted by molar-refractivity contribution is 0.0636. The maximum atomic E-state index is 12.0. The molecule has 0 bridgehead atoms. The van der Waals surface area contributed by atoms with Gasteiger partial charge in [-0.25, -0.2) is 4.79 Å². The molecule has 1 atom stereocenters. The van der Waals surface area contributed by atoms with Crippen LogP contribution in [0, 0.1) is 0 Å². The van der Waals surface area contributed by atoms with Gasteiger partial charge in [-0.2, -0.15) is 0 Å². The summed E-state index contributed by atoms with van der Waals surface area (Å²) in [4.78, 5) is 12.0. The molecule has 0 saturated carbocycles. The number of carbonyl (C=O) groups excluding carboxylic acids is 1. The second-order valence-electron chi connectivity index (χ2n) is 8.34. The molecule has 0 fully saturated rings. The quantitative estimate of drug-likeness (QED) is 0.477. The SMILES string of the molecule is CC(C)(C)OC(=O)Nc1ccc(C(Cc2ccc(O)cc2)c2ccc(N)cc2)cc1. The summed E-state index contributed by atoms with van der Waals surface area (Å²) in [6.45, 7) is 5.49. The number of aromatic hydroxyl groups is 1. The average molecular weight is 405 g/mol. The minimum absolute atomic E-state index is 0.103. The number of benzene rings is 3. The van der Waals surface area contributed by atoms with Crippen molar-refractivity contribution >= 4 is 17.5 Å². The minimum atomic E-state index is -0.547.